The molecule has 0 amide bonds. The number of nitrogens with zero attached hydrogens (tertiary/aromatic N) is 3. The number of alkyl halides is 1. The smallest absolute Gasteiger partial charge is 0.215 e. The molecule has 0 spiro atoms. The van der Waals surface area contributed by atoms with Crippen LogP contribution in [0.5, 0.6) is 5.88 Å². The van der Waals surface area contributed by atoms with Crippen LogP contribution in [0.4, 0.5) is 0 Å². The summed E-state index contributed by atoms with van der Waals surface area (Å²) in [6.45, 7) is 4.41. The van der Waals surface area contributed by atoms with Gasteiger partial charge in [0.05, 0.1) is 7.11 Å². The first-order valence-electron chi connectivity index (χ1n) is 7.26. The maximum absolute atomic E-state index is 5.92. The lowest BCUT2D eigenvalue weighted by atomic mass is 10.2. The van der Waals surface area contributed by atoms with Crippen molar-refractivity contribution in [3.63, 3.8) is 0 Å². The predicted molar refractivity (Wildman–Crippen MR) is 90.8 cm³/mol. The largest absolute Gasteiger partial charge is 0.481 e. The van der Waals surface area contributed by atoms with Gasteiger partial charge in [0, 0.05) is 24.4 Å². The van der Waals surface area contributed by atoms with Crippen molar-refractivity contribution in [1.29, 1.82) is 0 Å². The van der Waals surface area contributed by atoms with Gasteiger partial charge in [-0.2, -0.15) is 16.7 Å². The lowest BCUT2D eigenvalue weighted by molar-refractivity contribution is 0.398. The van der Waals surface area contributed by atoms with E-state index in [4.69, 9.17) is 16.3 Å². The summed E-state index contributed by atoms with van der Waals surface area (Å²) < 4.78 is 7.46. The molecular formula is C15H22ClN3OS. The molecule has 21 heavy (non-hydrogen) atoms. The van der Waals surface area contributed by atoms with Gasteiger partial charge < -0.3 is 9.30 Å². The molecule has 2 aromatic rings. The average Bonchev–Trinajstić information content (AvgIpc) is 2.84. The molecule has 0 radical (unpaired) electrons. The standard InChI is InChI=1S/C15H22ClN3OS/c1-4-21-10-8-11(2)19-13(7-9-16)17-12-5-6-14(20-3)18-15(12)19/h5-6,11H,4,7-10H2,1-3H3. The maximum atomic E-state index is 5.92. The van der Waals surface area contributed by atoms with Crippen LogP contribution in [-0.4, -0.2) is 39.0 Å². The molecule has 0 saturated heterocycles. The van der Waals surface area contributed by atoms with Gasteiger partial charge >= 0.3 is 0 Å². The van der Waals surface area contributed by atoms with Crippen molar-refractivity contribution in [2.75, 3.05) is 24.5 Å². The number of halogens is 1. The summed E-state index contributed by atoms with van der Waals surface area (Å²) >= 11 is 7.88. The topological polar surface area (TPSA) is 39.9 Å². The SMILES string of the molecule is CCSCCC(C)n1c(CCCl)nc2ccc(OC)nc21. The summed E-state index contributed by atoms with van der Waals surface area (Å²) in [6.07, 6.45) is 1.85. The summed E-state index contributed by atoms with van der Waals surface area (Å²) in [5.41, 5.74) is 1.80. The zero-order valence-corrected chi connectivity index (χ0v) is 14.4. The average molecular weight is 328 g/mol. The van der Waals surface area contributed by atoms with E-state index in [2.05, 4.69) is 28.4 Å². The van der Waals surface area contributed by atoms with Gasteiger partial charge in [0.25, 0.3) is 0 Å². The van der Waals surface area contributed by atoms with Crippen LogP contribution in [0.25, 0.3) is 11.2 Å². The van der Waals surface area contributed by atoms with Crippen LogP contribution in [0, 0.1) is 0 Å². The van der Waals surface area contributed by atoms with Crippen molar-refractivity contribution in [3.05, 3.63) is 18.0 Å². The van der Waals surface area contributed by atoms with E-state index < -0.39 is 0 Å². The van der Waals surface area contributed by atoms with E-state index in [1.165, 1.54) is 0 Å². The van der Waals surface area contributed by atoms with Crippen LogP contribution in [0.15, 0.2) is 12.1 Å². The Morgan fingerprint density at radius 1 is 1.38 bits per heavy atom. The summed E-state index contributed by atoms with van der Waals surface area (Å²) in [7, 11) is 1.63. The molecule has 1 atom stereocenters. The highest BCUT2D eigenvalue weighted by Crippen LogP contribution is 2.25. The Morgan fingerprint density at radius 2 is 2.19 bits per heavy atom. The van der Waals surface area contributed by atoms with Crippen molar-refractivity contribution in [2.45, 2.75) is 32.7 Å². The number of aromatic nitrogens is 3. The third-order valence-corrected chi connectivity index (χ3v) is 4.56. The Bertz CT molecular complexity index is 588. The second kappa shape index (κ2) is 7.90. The van der Waals surface area contributed by atoms with Crippen LogP contribution in [0.3, 0.4) is 0 Å². The fourth-order valence-electron chi connectivity index (χ4n) is 2.37. The number of methoxy groups -OCH3 is 1. The summed E-state index contributed by atoms with van der Waals surface area (Å²) in [5.74, 6) is 4.49. The highest BCUT2D eigenvalue weighted by atomic mass is 35.5. The summed E-state index contributed by atoms with van der Waals surface area (Å²) in [4.78, 5) is 9.26. The Kier molecular flexibility index (Phi) is 6.18. The van der Waals surface area contributed by atoms with E-state index in [1.807, 2.05) is 23.9 Å². The summed E-state index contributed by atoms with van der Waals surface area (Å²) in [6, 6.07) is 4.16. The number of hydrogen-bond acceptors (Lipinski definition) is 4. The molecule has 0 aliphatic rings. The molecular weight excluding hydrogens is 306 g/mol. The third kappa shape index (κ3) is 3.83. The molecule has 2 aromatic heterocycles. The first-order chi connectivity index (χ1) is 10.2. The fourth-order valence-corrected chi connectivity index (χ4v) is 3.33. The molecule has 0 fully saturated rings. The van der Waals surface area contributed by atoms with Crippen LogP contribution in [-0.2, 0) is 6.42 Å². The summed E-state index contributed by atoms with van der Waals surface area (Å²) in [5, 5.41) is 0. The molecule has 2 heterocycles. The van der Waals surface area contributed by atoms with Crippen molar-refractivity contribution in [2.24, 2.45) is 0 Å². The van der Waals surface area contributed by atoms with Gasteiger partial charge in [0.15, 0.2) is 5.65 Å². The van der Waals surface area contributed by atoms with Crippen LogP contribution in [0.2, 0.25) is 0 Å². The van der Waals surface area contributed by atoms with Crippen molar-refractivity contribution in [1.82, 2.24) is 14.5 Å². The lowest BCUT2D eigenvalue weighted by Crippen LogP contribution is -2.11. The van der Waals surface area contributed by atoms with Crippen LogP contribution in [0.1, 0.15) is 32.1 Å². The molecule has 2 rings (SSSR count). The zero-order chi connectivity index (χ0) is 15.2. The van der Waals surface area contributed by atoms with E-state index in [0.29, 0.717) is 17.8 Å². The maximum Gasteiger partial charge on any atom is 0.215 e. The molecule has 4 nitrogen and oxygen atoms in total. The molecule has 0 aliphatic carbocycles. The molecule has 0 bridgehead atoms. The van der Waals surface area contributed by atoms with E-state index in [1.54, 1.807) is 7.11 Å². The lowest BCUT2D eigenvalue weighted by Gasteiger charge is -2.16. The van der Waals surface area contributed by atoms with Crippen molar-refractivity contribution in [3.8, 4) is 5.88 Å². The second-order valence-electron chi connectivity index (χ2n) is 4.87. The second-order valence-corrected chi connectivity index (χ2v) is 6.64. The van der Waals surface area contributed by atoms with Gasteiger partial charge in [-0.25, -0.2) is 4.98 Å². The normalized spacial score (nSPS) is 12.8. The number of pyridine rings is 1. The zero-order valence-electron chi connectivity index (χ0n) is 12.8. The van der Waals surface area contributed by atoms with Crippen molar-refractivity contribution >= 4 is 34.5 Å². The first-order valence-corrected chi connectivity index (χ1v) is 8.95. The Labute approximate surface area is 135 Å². The van der Waals surface area contributed by atoms with Gasteiger partial charge in [0.1, 0.15) is 11.3 Å². The molecule has 116 valence electrons. The number of rotatable bonds is 8. The Hall–Kier alpha value is -0.940. The monoisotopic (exact) mass is 327 g/mol. The molecule has 0 saturated carbocycles. The Balaban J connectivity index is 2.38. The predicted octanol–water partition coefficient (Wildman–Crippen LogP) is 3.93. The van der Waals surface area contributed by atoms with E-state index in [9.17, 15) is 0 Å². The minimum atomic E-state index is 0.354. The van der Waals surface area contributed by atoms with Crippen LogP contribution >= 0.6 is 23.4 Å². The first kappa shape index (κ1) is 16.4. The molecule has 0 aliphatic heterocycles. The van der Waals surface area contributed by atoms with Crippen LogP contribution < -0.4 is 4.74 Å². The van der Waals surface area contributed by atoms with Crippen molar-refractivity contribution < 1.29 is 4.74 Å². The van der Waals surface area contributed by atoms with E-state index in [-0.39, 0.29) is 0 Å². The quantitative estimate of drug-likeness (QED) is 0.544. The van der Waals surface area contributed by atoms with Gasteiger partial charge in [-0.3, -0.25) is 0 Å². The van der Waals surface area contributed by atoms with E-state index >= 15 is 0 Å². The van der Waals surface area contributed by atoms with Gasteiger partial charge in [-0.15, -0.1) is 11.6 Å². The minimum Gasteiger partial charge on any atom is -0.481 e. The minimum absolute atomic E-state index is 0.354. The van der Waals surface area contributed by atoms with Gasteiger partial charge in [0.2, 0.25) is 5.88 Å². The number of ether oxygens (including phenoxy) is 1. The molecule has 1 unspecified atom stereocenters. The number of hydrogen-bond donors (Lipinski definition) is 0. The number of imidazole rings is 1. The third-order valence-electron chi connectivity index (χ3n) is 3.44. The number of fused-ring (bicyclic) bond motifs is 1. The highest BCUT2D eigenvalue weighted by Gasteiger charge is 2.17. The fraction of sp³-hybridized carbons (Fsp3) is 0.600. The Morgan fingerprint density at radius 3 is 2.86 bits per heavy atom. The number of aryl methyl sites for hydroxylation is 1. The highest BCUT2D eigenvalue weighted by molar-refractivity contribution is 7.99. The molecule has 0 N–H and O–H groups in total. The van der Waals surface area contributed by atoms with Gasteiger partial charge in [-0.05, 0) is 30.9 Å². The van der Waals surface area contributed by atoms with Gasteiger partial charge in [-0.1, -0.05) is 6.92 Å². The number of thioether (sulfide) groups is 1. The van der Waals surface area contributed by atoms with E-state index in [0.717, 1.165) is 41.3 Å². The molecule has 0 aromatic carbocycles. The molecule has 6 heteroatoms.